The molecule has 0 aliphatic rings. The summed E-state index contributed by atoms with van der Waals surface area (Å²) >= 11 is 6.27. The van der Waals surface area contributed by atoms with Crippen molar-refractivity contribution in [2.75, 3.05) is 6.54 Å². The first kappa shape index (κ1) is 16.5. The van der Waals surface area contributed by atoms with Crippen molar-refractivity contribution in [3.05, 3.63) is 34.9 Å². The van der Waals surface area contributed by atoms with Crippen LogP contribution in [0.3, 0.4) is 0 Å². The van der Waals surface area contributed by atoms with E-state index in [9.17, 15) is 0 Å². The lowest BCUT2D eigenvalue weighted by Crippen LogP contribution is -2.35. The Morgan fingerprint density at radius 3 is 2.37 bits per heavy atom. The molecule has 1 nitrogen and oxygen atoms in total. The standard InChI is InChI=1S/C17H28ClN/c1-6-19-15(11-13(2)17(3,4)5)12-14-9-7-8-10-16(14)18/h7-10,13,15,19H,6,11-12H2,1-5H3. The molecule has 19 heavy (non-hydrogen) atoms. The minimum Gasteiger partial charge on any atom is -0.314 e. The first-order valence-corrected chi connectivity index (χ1v) is 7.69. The summed E-state index contributed by atoms with van der Waals surface area (Å²) in [6.07, 6.45) is 2.19. The highest BCUT2D eigenvalue weighted by Crippen LogP contribution is 2.30. The van der Waals surface area contributed by atoms with E-state index >= 15 is 0 Å². The van der Waals surface area contributed by atoms with E-state index in [1.165, 1.54) is 12.0 Å². The maximum atomic E-state index is 6.27. The molecule has 0 amide bonds. The molecule has 1 aromatic rings. The monoisotopic (exact) mass is 281 g/mol. The van der Waals surface area contributed by atoms with Gasteiger partial charge in [-0.15, -0.1) is 0 Å². The zero-order valence-corrected chi connectivity index (χ0v) is 13.7. The molecule has 2 atom stereocenters. The van der Waals surface area contributed by atoms with Crippen LogP contribution in [0, 0.1) is 11.3 Å². The van der Waals surface area contributed by atoms with Crippen molar-refractivity contribution in [2.24, 2.45) is 11.3 Å². The van der Waals surface area contributed by atoms with Gasteiger partial charge in [0.2, 0.25) is 0 Å². The van der Waals surface area contributed by atoms with Gasteiger partial charge >= 0.3 is 0 Å². The Morgan fingerprint density at radius 2 is 1.84 bits per heavy atom. The summed E-state index contributed by atoms with van der Waals surface area (Å²) in [6, 6.07) is 8.67. The second kappa shape index (κ2) is 7.31. The lowest BCUT2D eigenvalue weighted by atomic mass is 9.78. The Balaban J connectivity index is 2.71. The third-order valence-electron chi connectivity index (χ3n) is 4.03. The van der Waals surface area contributed by atoms with Crippen molar-refractivity contribution in [1.29, 1.82) is 0 Å². The van der Waals surface area contributed by atoms with Crippen molar-refractivity contribution >= 4 is 11.6 Å². The van der Waals surface area contributed by atoms with E-state index in [0.29, 0.717) is 17.4 Å². The number of halogens is 1. The topological polar surface area (TPSA) is 12.0 Å². The molecule has 0 bridgehead atoms. The van der Waals surface area contributed by atoms with Crippen LogP contribution in [0.25, 0.3) is 0 Å². The molecule has 1 N–H and O–H groups in total. The van der Waals surface area contributed by atoms with Crippen molar-refractivity contribution in [3.63, 3.8) is 0 Å². The number of rotatable bonds is 6. The van der Waals surface area contributed by atoms with Gasteiger partial charge in [0, 0.05) is 11.1 Å². The van der Waals surface area contributed by atoms with E-state index < -0.39 is 0 Å². The molecule has 0 aromatic heterocycles. The quantitative estimate of drug-likeness (QED) is 0.779. The van der Waals surface area contributed by atoms with Gasteiger partial charge in [0.05, 0.1) is 0 Å². The first-order valence-electron chi connectivity index (χ1n) is 7.31. The summed E-state index contributed by atoms with van der Waals surface area (Å²) in [5.41, 5.74) is 1.60. The second-order valence-electron chi connectivity index (χ2n) is 6.55. The Morgan fingerprint density at radius 1 is 1.21 bits per heavy atom. The molecule has 0 heterocycles. The highest BCUT2D eigenvalue weighted by molar-refractivity contribution is 6.31. The summed E-state index contributed by atoms with van der Waals surface area (Å²) in [5.74, 6) is 0.680. The molecule has 0 aliphatic heterocycles. The van der Waals surface area contributed by atoms with Crippen LogP contribution in [-0.2, 0) is 6.42 Å². The van der Waals surface area contributed by atoms with Crippen LogP contribution in [0.4, 0.5) is 0 Å². The molecule has 2 heteroatoms. The highest BCUT2D eigenvalue weighted by atomic mass is 35.5. The van der Waals surface area contributed by atoms with Gasteiger partial charge in [-0.3, -0.25) is 0 Å². The largest absolute Gasteiger partial charge is 0.314 e. The maximum absolute atomic E-state index is 6.27. The van der Waals surface area contributed by atoms with Crippen molar-refractivity contribution in [3.8, 4) is 0 Å². The summed E-state index contributed by atoms with van der Waals surface area (Å²) < 4.78 is 0. The fraction of sp³-hybridized carbons (Fsp3) is 0.647. The van der Waals surface area contributed by atoms with Crippen molar-refractivity contribution in [1.82, 2.24) is 5.32 Å². The second-order valence-corrected chi connectivity index (χ2v) is 6.96. The SMILES string of the molecule is CCNC(Cc1ccccc1Cl)CC(C)C(C)(C)C. The summed E-state index contributed by atoms with van der Waals surface area (Å²) in [6.45, 7) is 12.5. The van der Waals surface area contributed by atoms with Crippen LogP contribution in [0.1, 0.15) is 46.6 Å². The number of benzene rings is 1. The molecule has 0 fully saturated rings. The van der Waals surface area contributed by atoms with Crippen LogP contribution < -0.4 is 5.32 Å². The molecule has 0 spiro atoms. The van der Waals surface area contributed by atoms with E-state index in [2.05, 4.69) is 52.1 Å². The molecule has 0 aliphatic carbocycles. The Labute approximate surface area is 123 Å². The van der Waals surface area contributed by atoms with Gasteiger partial charge in [-0.2, -0.15) is 0 Å². The van der Waals surface area contributed by atoms with Gasteiger partial charge in [0.1, 0.15) is 0 Å². The smallest absolute Gasteiger partial charge is 0.0438 e. The van der Waals surface area contributed by atoms with Gasteiger partial charge < -0.3 is 5.32 Å². The minimum atomic E-state index is 0.355. The predicted octanol–water partition coefficient (Wildman–Crippen LogP) is 4.93. The lowest BCUT2D eigenvalue weighted by molar-refractivity contribution is 0.222. The molecule has 108 valence electrons. The van der Waals surface area contributed by atoms with Gasteiger partial charge in [-0.05, 0) is 42.3 Å². The minimum absolute atomic E-state index is 0.355. The van der Waals surface area contributed by atoms with E-state index in [1.807, 2.05) is 12.1 Å². The van der Waals surface area contributed by atoms with E-state index in [-0.39, 0.29) is 0 Å². The van der Waals surface area contributed by atoms with E-state index in [0.717, 1.165) is 18.0 Å². The van der Waals surface area contributed by atoms with Gasteiger partial charge in [-0.1, -0.05) is 64.4 Å². The van der Waals surface area contributed by atoms with Gasteiger partial charge in [0.15, 0.2) is 0 Å². The fourth-order valence-electron chi connectivity index (χ4n) is 2.24. The molecule has 0 saturated heterocycles. The number of hydrogen-bond acceptors (Lipinski definition) is 1. The van der Waals surface area contributed by atoms with Crippen LogP contribution in [0.2, 0.25) is 5.02 Å². The Bertz CT molecular complexity index is 381. The molecule has 0 saturated carbocycles. The average molecular weight is 282 g/mol. The Kier molecular flexibility index (Phi) is 6.35. The molecule has 1 rings (SSSR count). The van der Waals surface area contributed by atoms with Gasteiger partial charge in [-0.25, -0.2) is 0 Å². The molecular formula is C17H28ClN. The van der Waals surface area contributed by atoms with E-state index in [1.54, 1.807) is 0 Å². The fourth-order valence-corrected chi connectivity index (χ4v) is 2.45. The molecule has 0 radical (unpaired) electrons. The molecular weight excluding hydrogens is 254 g/mol. The highest BCUT2D eigenvalue weighted by Gasteiger charge is 2.23. The van der Waals surface area contributed by atoms with Crippen molar-refractivity contribution < 1.29 is 0 Å². The maximum Gasteiger partial charge on any atom is 0.0438 e. The number of likely N-dealkylation sites (N-methyl/N-ethyl adjacent to an activating group) is 1. The summed E-state index contributed by atoms with van der Waals surface area (Å²) in [5, 5.41) is 4.49. The average Bonchev–Trinajstić information content (AvgIpc) is 2.31. The molecule has 1 aromatic carbocycles. The first-order chi connectivity index (χ1) is 8.84. The molecule has 2 unspecified atom stereocenters. The van der Waals surface area contributed by atoms with Crippen molar-refractivity contribution in [2.45, 2.75) is 53.5 Å². The lowest BCUT2D eigenvalue weighted by Gasteiger charge is -2.31. The summed E-state index contributed by atoms with van der Waals surface area (Å²) in [4.78, 5) is 0. The summed E-state index contributed by atoms with van der Waals surface area (Å²) in [7, 11) is 0. The zero-order valence-electron chi connectivity index (χ0n) is 13.0. The zero-order chi connectivity index (χ0) is 14.5. The van der Waals surface area contributed by atoms with Crippen LogP contribution in [0.15, 0.2) is 24.3 Å². The van der Waals surface area contributed by atoms with Crippen LogP contribution in [-0.4, -0.2) is 12.6 Å². The van der Waals surface area contributed by atoms with Crippen LogP contribution in [0.5, 0.6) is 0 Å². The third-order valence-corrected chi connectivity index (χ3v) is 4.40. The normalized spacial score (nSPS) is 15.3. The number of nitrogens with one attached hydrogen (secondary N) is 1. The van der Waals surface area contributed by atoms with E-state index in [4.69, 9.17) is 11.6 Å². The van der Waals surface area contributed by atoms with Crippen LogP contribution >= 0.6 is 11.6 Å². The Hall–Kier alpha value is -0.530. The third kappa shape index (κ3) is 5.54. The predicted molar refractivity (Wildman–Crippen MR) is 85.9 cm³/mol. The van der Waals surface area contributed by atoms with Gasteiger partial charge in [0.25, 0.3) is 0 Å². The number of hydrogen-bond donors (Lipinski definition) is 1.